The Kier molecular flexibility index (Phi) is 4.07. The van der Waals surface area contributed by atoms with Gasteiger partial charge in [-0.15, -0.1) is 0 Å². The van der Waals surface area contributed by atoms with E-state index in [0.717, 1.165) is 23.6 Å². The highest BCUT2D eigenvalue weighted by Gasteiger charge is 2.51. The number of nitrogens with zero attached hydrogens (tertiary/aromatic N) is 1. The molecule has 4 fully saturated rings. The summed E-state index contributed by atoms with van der Waals surface area (Å²) in [7, 11) is -3.92. The fourth-order valence-corrected chi connectivity index (χ4v) is 8.65. The SMILES string of the molecule is O=C(CN1c2ccc(F)cc2-c2ccccc2S1(=O)=O)NC12CC3CC(CC(C3)C1)C2. The fourth-order valence-electron chi connectivity index (χ4n) is 7.00. The zero-order chi connectivity index (χ0) is 21.4. The predicted octanol–water partition coefficient (Wildman–Crippen LogP) is 4.09. The van der Waals surface area contributed by atoms with Crippen molar-refractivity contribution in [3.63, 3.8) is 0 Å². The molecule has 31 heavy (non-hydrogen) atoms. The second-order valence-electron chi connectivity index (χ2n) is 9.92. The monoisotopic (exact) mass is 440 g/mol. The quantitative estimate of drug-likeness (QED) is 0.782. The highest BCUT2D eigenvalue weighted by molar-refractivity contribution is 7.93. The third-order valence-corrected chi connectivity index (χ3v) is 9.52. The molecule has 2 aromatic rings. The van der Waals surface area contributed by atoms with Crippen LogP contribution >= 0.6 is 0 Å². The molecule has 0 spiro atoms. The molecule has 0 atom stereocenters. The predicted molar refractivity (Wildman–Crippen MR) is 115 cm³/mol. The molecule has 0 radical (unpaired) electrons. The Morgan fingerprint density at radius 2 is 1.65 bits per heavy atom. The Hall–Kier alpha value is -2.41. The van der Waals surface area contributed by atoms with Crippen molar-refractivity contribution >= 4 is 21.6 Å². The van der Waals surface area contributed by atoms with Gasteiger partial charge in [0.15, 0.2) is 0 Å². The molecule has 1 amide bonds. The Labute approximate surface area is 181 Å². The van der Waals surface area contributed by atoms with Crippen molar-refractivity contribution in [2.75, 3.05) is 10.8 Å². The van der Waals surface area contributed by atoms with E-state index in [0.29, 0.717) is 34.6 Å². The average Bonchev–Trinajstić information content (AvgIpc) is 2.70. The minimum atomic E-state index is -3.92. The molecule has 4 bridgehead atoms. The van der Waals surface area contributed by atoms with E-state index in [1.807, 2.05) is 0 Å². The number of fused-ring (bicyclic) bond motifs is 3. The molecule has 5 nitrogen and oxygen atoms in total. The molecule has 4 aliphatic carbocycles. The summed E-state index contributed by atoms with van der Waals surface area (Å²) in [6.07, 6.45) is 6.81. The summed E-state index contributed by atoms with van der Waals surface area (Å²) in [5, 5.41) is 3.26. The van der Waals surface area contributed by atoms with Gasteiger partial charge in [-0.25, -0.2) is 12.8 Å². The van der Waals surface area contributed by atoms with Crippen molar-refractivity contribution in [3.8, 4) is 11.1 Å². The molecule has 0 saturated heterocycles. The third kappa shape index (κ3) is 3.00. The van der Waals surface area contributed by atoms with Gasteiger partial charge in [-0.2, -0.15) is 0 Å². The van der Waals surface area contributed by atoms with Crippen molar-refractivity contribution in [2.24, 2.45) is 17.8 Å². The maximum absolute atomic E-state index is 14.0. The molecule has 0 unspecified atom stereocenters. The van der Waals surface area contributed by atoms with Crippen molar-refractivity contribution in [2.45, 2.75) is 49.0 Å². The number of nitrogens with one attached hydrogen (secondary N) is 1. The Bertz CT molecular complexity index is 1160. The molecular weight excluding hydrogens is 415 g/mol. The van der Waals surface area contributed by atoms with Crippen LogP contribution in [0.3, 0.4) is 0 Å². The first-order valence-corrected chi connectivity index (χ1v) is 12.5. The molecule has 7 heteroatoms. The van der Waals surface area contributed by atoms with Crippen LogP contribution in [0.25, 0.3) is 11.1 Å². The Morgan fingerprint density at radius 3 is 2.32 bits per heavy atom. The number of hydrogen-bond acceptors (Lipinski definition) is 3. The highest BCUT2D eigenvalue weighted by Crippen LogP contribution is 2.55. The van der Waals surface area contributed by atoms with Gasteiger partial charge < -0.3 is 5.32 Å². The lowest BCUT2D eigenvalue weighted by atomic mass is 9.53. The third-order valence-electron chi connectivity index (χ3n) is 7.70. The summed E-state index contributed by atoms with van der Waals surface area (Å²) < 4.78 is 42.0. The van der Waals surface area contributed by atoms with Crippen LogP contribution in [0.5, 0.6) is 0 Å². The van der Waals surface area contributed by atoms with Gasteiger partial charge in [-0.1, -0.05) is 18.2 Å². The second kappa shape index (κ2) is 6.55. The van der Waals surface area contributed by atoms with Crippen LogP contribution in [-0.2, 0) is 14.8 Å². The summed E-state index contributed by atoms with van der Waals surface area (Å²) in [5.74, 6) is 1.33. The molecule has 4 saturated carbocycles. The fraction of sp³-hybridized carbons (Fsp3) is 0.458. The van der Waals surface area contributed by atoms with Crippen LogP contribution < -0.4 is 9.62 Å². The lowest BCUT2D eigenvalue weighted by Gasteiger charge is -2.57. The maximum Gasteiger partial charge on any atom is 0.265 e. The molecule has 1 N–H and O–H groups in total. The normalized spacial score (nSPS) is 31.8. The number of sulfonamides is 1. The number of benzene rings is 2. The molecule has 7 rings (SSSR count). The average molecular weight is 441 g/mol. The van der Waals surface area contributed by atoms with Gasteiger partial charge in [0.05, 0.1) is 10.6 Å². The molecule has 2 aromatic carbocycles. The first-order chi connectivity index (χ1) is 14.8. The van der Waals surface area contributed by atoms with Crippen LogP contribution in [0.15, 0.2) is 47.4 Å². The first kappa shape index (κ1) is 19.3. The van der Waals surface area contributed by atoms with Crippen LogP contribution in [-0.4, -0.2) is 26.4 Å². The molecular formula is C24H25FN2O3S. The van der Waals surface area contributed by atoms with Crippen molar-refractivity contribution in [1.82, 2.24) is 5.32 Å². The van der Waals surface area contributed by atoms with E-state index in [1.165, 1.54) is 43.5 Å². The van der Waals surface area contributed by atoms with E-state index in [4.69, 9.17) is 0 Å². The zero-order valence-corrected chi connectivity index (χ0v) is 18.0. The van der Waals surface area contributed by atoms with E-state index in [9.17, 15) is 17.6 Å². The van der Waals surface area contributed by atoms with Gasteiger partial charge in [0.25, 0.3) is 10.0 Å². The van der Waals surface area contributed by atoms with E-state index in [1.54, 1.807) is 18.2 Å². The van der Waals surface area contributed by atoms with Crippen LogP contribution in [0.2, 0.25) is 0 Å². The number of hydrogen-bond donors (Lipinski definition) is 1. The largest absolute Gasteiger partial charge is 0.349 e. The number of amides is 1. The molecule has 1 heterocycles. The summed E-state index contributed by atoms with van der Waals surface area (Å²) >= 11 is 0. The van der Waals surface area contributed by atoms with E-state index in [2.05, 4.69) is 5.32 Å². The molecule has 162 valence electrons. The lowest BCUT2D eigenvalue weighted by molar-refractivity contribution is -0.125. The summed E-state index contributed by atoms with van der Waals surface area (Å²) in [6.45, 7) is -0.295. The number of halogens is 1. The van der Waals surface area contributed by atoms with Crippen molar-refractivity contribution in [1.29, 1.82) is 0 Å². The number of carbonyl (C=O) groups is 1. The zero-order valence-electron chi connectivity index (χ0n) is 17.2. The van der Waals surface area contributed by atoms with E-state index in [-0.39, 0.29) is 22.9 Å². The lowest BCUT2D eigenvalue weighted by Crippen LogP contribution is -2.61. The Balaban J connectivity index is 1.33. The minimum Gasteiger partial charge on any atom is -0.349 e. The van der Waals surface area contributed by atoms with Gasteiger partial charge in [-0.05, 0) is 80.5 Å². The van der Waals surface area contributed by atoms with Gasteiger partial charge in [-0.3, -0.25) is 9.10 Å². The van der Waals surface area contributed by atoms with Gasteiger partial charge in [0, 0.05) is 16.7 Å². The second-order valence-corrected chi connectivity index (χ2v) is 11.7. The summed E-state index contributed by atoms with van der Waals surface area (Å²) in [4.78, 5) is 13.3. The van der Waals surface area contributed by atoms with E-state index < -0.39 is 15.8 Å². The van der Waals surface area contributed by atoms with Gasteiger partial charge in [0.2, 0.25) is 5.91 Å². The van der Waals surface area contributed by atoms with Crippen molar-refractivity contribution in [3.05, 3.63) is 48.3 Å². The van der Waals surface area contributed by atoms with E-state index >= 15 is 0 Å². The topological polar surface area (TPSA) is 66.5 Å². The highest BCUT2D eigenvalue weighted by atomic mass is 32.2. The standard InChI is InChI=1S/C24H25FN2O3S/c25-18-5-6-21-20(10-18)19-3-1-2-4-22(19)31(29,30)27(21)14-23(28)26-24-11-15-7-16(12-24)9-17(8-15)13-24/h1-6,10,15-17H,7-9,11-14H2,(H,26,28). The van der Waals surface area contributed by atoms with Crippen LogP contribution in [0, 0.1) is 23.6 Å². The van der Waals surface area contributed by atoms with Crippen LogP contribution in [0.4, 0.5) is 10.1 Å². The molecule has 1 aliphatic heterocycles. The van der Waals surface area contributed by atoms with Gasteiger partial charge in [0.1, 0.15) is 12.4 Å². The van der Waals surface area contributed by atoms with Crippen molar-refractivity contribution < 1.29 is 17.6 Å². The maximum atomic E-state index is 14.0. The first-order valence-electron chi connectivity index (χ1n) is 11.1. The van der Waals surface area contributed by atoms with Crippen LogP contribution in [0.1, 0.15) is 38.5 Å². The number of anilines is 1. The van der Waals surface area contributed by atoms with Gasteiger partial charge >= 0.3 is 0 Å². The number of carbonyl (C=O) groups excluding carboxylic acids is 1. The molecule has 0 aromatic heterocycles. The Morgan fingerprint density at radius 1 is 1.00 bits per heavy atom. The summed E-state index contributed by atoms with van der Waals surface area (Å²) in [5.41, 5.74) is 1.12. The smallest absolute Gasteiger partial charge is 0.265 e. The summed E-state index contributed by atoms with van der Waals surface area (Å²) in [6, 6.07) is 10.6. The molecule has 5 aliphatic rings. The number of rotatable bonds is 3. The minimum absolute atomic E-state index is 0.107.